The molecule has 0 amide bonds. The third kappa shape index (κ3) is 4.10. The largest absolute Gasteiger partial charge is 0.480 e. The zero-order valence-corrected chi connectivity index (χ0v) is 10.2. The van der Waals surface area contributed by atoms with Gasteiger partial charge in [0.2, 0.25) is 0 Å². The minimum Gasteiger partial charge on any atom is -0.480 e. The van der Waals surface area contributed by atoms with Crippen molar-refractivity contribution in [3.63, 3.8) is 0 Å². The zero-order valence-electron chi connectivity index (χ0n) is 10.2. The Balaban J connectivity index is 2.21. The predicted octanol–water partition coefficient (Wildman–Crippen LogP) is 1.79. The maximum atomic E-state index is 11.0. The fraction of sp³-hybridized carbons (Fsp3) is 0.917. The van der Waals surface area contributed by atoms with Gasteiger partial charge in [-0.2, -0.15) is 0 Å². The number of rotatable bonds is 8. The summed E-state index contributed by atoms with van der Waals surface area (Å²) >= 11 is 0. The first kappa shape index (κ1) is 13.5. The first-order chi connectivity index (χ1) is 7.67. The third-order valence-electron chi connectivity index (χ3n) is 3.08. The molecule has 0 radical (unpaired) electrons. The summed E-state index contributed by atoms with van der Waals surface area (Å²) in [4.78, 5) is 11.0. The van der Waals surface area contributed by atoms with Crippen molar-refractivity contribution in [2.24, 2.45) is 0 Å². The molecule has 4 heteroatoms. The van der Waals surface area contributed by atoms with Gasteiger partial charge in [-0.25, -0.2) is 0 Å². The predicted molar refractivity (Wildman–Crippen MR) is 62.5 cm³/mol. The second-order valence-corrected chi connectivity index (χ2v) is 4.45. The number of carboxylic acid groups (broad SMARTS) is 1. The summed E-state index contributed by atoms with van der Waals surface area (Å²) in [5.41, 5.74) is 0. The molecule has 0 aromatic rings. The van der Waals surface area contributed by atoms with Gasteiger partial charge in [0.25, 0.3) is 0 Å². The van der Waals surface area contributed by atoms with E-state index in [9.17, 15) is 4.79 Å². The molecule has 1 fully saturated rings. The van der Waals surface area contributed by atoms with E-state index in [1.165, 1.54) is 0 Å². The standard InChI is InChI=1S/C12H23NO3/c1-3-5-6-11(12(14)15)13-9-7-10(8-9)16-4-2/h9-11,13H,3-8H2,1-2H3,(H,14,15)/t9?,10?,11-/m0/s1. The van der Waals surface area contributed by atoms with Gasteiger partial charge in [-0.1, -0.05) is 19.8 Å². The Kier molecular flexibility index (Phi) is 5.77. The van der Waals surface area contributed by atoms with E-state index < -0.39 is 5.97 Å². The number of ether oxygens (including phenoxy) is 1. The monoisotopic (exact) mass is 229 g/mol. The van der Waals surface area contributed by atoms with Gasteiger partial charge >= 0.3 is 5.97 Å². The third-order valence-corrected chi connectivity index (χ3v) is 3.08. The van der Waals surface area contributed by atoms with Crippen LogP contribution in [-0.4, -0.2) is 35.9 Å². The van der Waals surface area contributed by atoms with E-state index in [-0.39, 0.29) is 6.04 Å². The van der Waals surface area contributed by atoms with Crippen molar-refractivity contribution in [1.82, 2.24) is 5.32 Å². The lowest BCUT2D eigenvalue weighted by Gasteiger charge is -2.37. The van der Waals surface area contributed by atoms with E-state index in [1.54, 1.807) is 0 Å². The Morgan fingerprint density at radius 2 is 2.19 bits per heavy atom. The SMILES string of the molecule is CCCC[C@H](NC1CC(OCC)C1)C(=O)O. The van der Waals surface area contributed by atoms with Gasteiger partial charge in [0, 0.05) is 12.6 Å². The van der Waals surface area contributed by atoms with Gasteiger partial charge in [0.05, 0.1) is 6.10 Å². The fourth-order valence-electron chi connectivity index (χ4n) is 2.04. The van der Waals surface area contributed by atoms with Gasteiger partial charge < -0.3 is 15.2 Å². The zero-order chi connectivity index (χ0) is 12.0. The number of hydrogen-bond acceptors (Lipinski definition) is 3. The van der Waals surface area contributed by atoms with E-state index in [2.05, 4.69) is 12.2 Å². The minimum absolute atomic E-state index is 0.328. The van der Waals surface area contributed by atoms with Crippen LogP contribution in [0.2, 0.25) is 0 Å². The Hall–Kier alpha value is -0.610. The molecule has 0 bridgehead atoms. The maximum Gasteiger partial charge on any atom is 0.320 e. The lowest BCUT2D eigenvalue weighted by Crippen LogP contribution is -2.51. The summed E-state index contributed by atoms with van der Waals surface area (Å²) < 4.78 is 5.44. The second-order valence-electron chi connectivity index (χ2n) is 4.45. The van der Waals surface area contributed by atoms with Crippen LogP contribution in [0.1, 0.15) is 46.0 Å². The number of nitrogens with one attached hydrogen (secondary N) is 1. The molecule has 0 saturated heterocycles. The highest BCUT2D eigenvalue weighted by atomic mass is 16.5. The highest BCUT2D eigenvalue weighted by Gasteiger charge is 2.32. The van der Waals surface area contributed by atoms with E-state index in [0.717, 1.165) is 38.7 Å². The molecule has 0 aromatic carbocycles. The molecule has 0 heterocycles. The Morgan fingerprint density at radius 3 is 2.69 bits per heavy atom. The first-order valence-electron chi connectivity index (χ1n) is 6.27. The van der Waals surface area contributed by atoms with Crippen LogP contribution in [-0.2, 0) is 9.53 Å². The average Bonchev–Trinajstić information content (AvgIpc) is 2.19. The number of aliphatic carboxylic acids is 1. The molecule has 1 saturated carbocycles. The molecule has 2 N–H and O–H groups in total. The number of unbranched alkanes of at least 4 members (excludes halogenated alkanes) is 1. The van der Waals surface area contributed by atoms with E-state index in [1.807, 2.05) is 6.92 Å². The second kappa shape index (κ2) is 6.86. The van der Waals surface area contributed by atoms with Gasteiger partial charge in [0.1, 0.15) is 6.04 Å². The fourth-order valence-corrected chi connectivity index (χ4v) is 2.04. The number of carboxylic acids is 1. The molecule has 16 heavy (non-hydrogen) atoms. The molecule has 0 aliphatic heterocycles. The Labute approximate surface area is 97.4 Å². The summed E-state index contributed by atoms with van der Waals surface area (Å²) in [6.45, 7) is 4.81. The Morgan fingerprint density at radius 1 is 1.50 bits per heavy atom. The van der Waals surface area contributed by atoms with Crippen LogP contribution in [0.25, 0.3) is 0 Å². The van der Waals surface area contributed by atoms with E-state index in [4.69, 9.17) is 9.84 Å². The van der Waals surface area contributed by atoms with Gasteiger partial charge in [-0.15, -0.1) is 0 Å². The van der Waals surface area contributed by atoms with Crippen molar-refractivity contribution < 1.29 is 14.6 Å². The van der Waals surface area contributed by atoms with E-state index in [0.29, 0.717) is 12.1 Å². The molecule has 1 aliphatic rings. The van der Waals surface area contributed by atoms with Crippen LogP contribution >= 0.6 is 0 Å². The van der Waals surface area contributed by atoms with Crippen LogP contribution < -0.4 is 5.32 Å². The molecular formula is C12H23NO3. The van der Waals surface area contributed by atoms with Gasteiger partial charge in [0.15, 0.2) is 0 Å². The van der Waals surface area contributed by atoms with Crippen molar-refractivity contribution in [2.75, 3.05) is 6.61 Å². The highest BCUT2D eigenvalue weighted by Crippen LogP contribution is 2.24. The lowest BCUT2D eigenvalue weighted by atomic mass is 9.88. The maximum absolute atomic E-state index is 11.0. The minimum atomic E-state index is -0.728. The van der Waals surface area contributed by atoms with Gasteiger partial charge in [-0.05, 0) is 26.2 Å². The van der Waals surface area contributed by atoms with Crippen LogP contribution in [0.5, 0.6) is 0 Å². The molecule has 0 spiro atoms. The highest BCUT2D eigenvalue weighted by molar-refractivity contribution is 5.73. The smallest absolute Gasteiger partial charge is 0.320 e. The van der Waals surface area contributed by atoms with Crippen molar-refractivity contribution in [2.45, 2.75) is 64.1 Å². The molecule has 94 valence electrons. The van der Waals surface area contributed by atoms with E-state index >= 15 is 0 Å². The van der Waals surface area contributed by atoms with Crippen LogP contribution in [0, 0.1) is 0 Å². The van der Waals surface area contributed by atoms with Crippen molar-refractivity contribution >= 4 is 5.97 Å². The summed E-state index contributed by atoms with van der Waals surface area (Å²) in [5.74, 6) is -0.728. The molecule has 1 atom stereocenters. The molecule has 0 aromatic heterocycles. The van der Waals surface area contributed by atoms with Crippen molar-refractivity contribution in [3.8, 4) is 0 Å². The average molecular weight is 229 g/mol. The summed E-state index contributed by atoms with van der Waals surface area (Å²) in [6.07, 6.45) is 4.96. The van der Waals surface area contributed by atoms with Crippen LogP contribution in [0.4, 0.5) is 0 Å². The number of hydrogen-bond donors (Lipinski definition) is 2. The summed E-state index contributed by atoms with van der Waals surface area (Å²) in [5, 5.41) is 12.2. The van der Waals surface area contributed by atoms with Crippen LogP contribution in [0.15, 0.2) is 0 Å². The number of carbonyl (C=O) groups is 1. The van der Waals surface area contributed by atoms with Crippen molar-refractivity contribution in [1.29, 1.82) is 0 Å². The Bertz CT molecular complexity index is 214. The summed E-state index contributed by atoms with van der Waals surface area (Å²) in [7, 11) is 0. The molecular weight excluding hydrogens is 206 g/mol. The van der Waals surface area contributed by atoms with Crippen LogP contribution in [0.3, 0.4) is 0 Å². The van der Waals surface area contributed by atoms with Crippen molar-refractivity contribution in [3.05, 3.63) is 0 Å². The summed E-state index contributed by atoms with van der Waals surface area (Å²) in [6, 6.07) is -0.0537. The molecule has 1 aliphatic carbocycles. The molecule has 0 unspecified atom stereocenters. The topological polar surface area (TPSA) is 58.6 Å². The molecule has 1 rings (SSSR count). The first-order valence-corrected chi connectivity index (χ1v) is 6.27. The quantitative estimate of drug-likeness (QED) is 0.666. The van der Waals surface area contributed by atoms with Gasteiger partial charge in [-0.3, -0.25) is 4.79 Å². The molecule has 4 nitrogen and oxygen atoms in total. The lowest BCUT2D eigenvalue weighted by molar-refractivity contribution is -0.140. The normalized spacial score (nSPS) is 26.1.